The molecule has 0 bridgehead atoms. The van der Waals surface area contributed by atoms with Crippen molar-refractivity contribution in [3.63, 3.8) is 0 Å². The van der Waals surface area contributed by atoms with Crippen LogP contribution < -0.4 is 34.5 Å². The van der Waals surface area contributed by atoms with E-state index in [2.05, 4.69) is 67.0 Å². The zero-order chi connectivity index (χ0) is 18.5. The summed E-state index contributed by atoms with van der Waals surface area (Å²) in [4.78, 5) is 4.72. The molecule has 1 saturated heterocycles. The van der Waals surface area contributed by atoms with Gasteiger partial charge in [0.2, 0.25) is 0 Å². The number of nitrogens with zero attached hydrogens (tertiary/aromatic N) is 2. The minimum absolute atomic E-state index is 0. The van der Waals surface area contributed by atoms with Crippen LogP contribution >= 0.6 is 0 Å². The molecule has 3 rings (SSSR count). The summed E-state index contributed by atoms with van der Waals surface area (Å²) < 4.78 is 5.93. The van der Waals surface area contributed by atoms with Crippen LogP contribution in [0.25, 0.3) is 0 Å². The van der Waals surface area contributed by atoms with Crippen LogP contribution in [0.15, 0.2) is 42.5 Å². The maximum Gasteiger partial charge on any atom is 0.125 e. The van der Waals surface area contributed by atoms with Crippen molar-refractivity contribution in [2.45, 2.75) is 26.9 Å². The van der Waals surface area contributed by atoms with Gasteiger partial charge in [-0.05, 0) is 44.0 Å². The molecule has 0 saturated carbocycles. The van der Waals surface area contributed by atoms with Crippen LogP contribution in [-0.4, -0.2) is 55.4 Å². The number of hydrogen-bond acceptors (Lipinski definition) is 4. The smallest absolute Gasteiger partial charge is 0.125 e. The molecule has 2 aromatic rings. The molecule has 6 heteroatoms. The molecule has 0 aromatic heterocycles. The second-order valence-electron chi connectivity index (χ2n) is 7.32. The topological polar surface area (TPSA) is 35.9 Å². The van der Waals surface area contributed by atoms with E-state index < -0.39 is 6.10 Å². The van der Waals surface area contributed by atoms with Gasteiger partial charge in [-0.2, -0.15) is 0 Å². The van der Waals surface area contributed by atoms with Crippen LogP contribution in [0.4, 0.5) is 5.69 Å². The molecule has 4 nitrogen and oxygen atoms in total. The van der Waals surface area contributed by atoms with Crippen molar-refractivity contribution in [1.29, 1.82) is 0 Å². The lowest BCUT2D eigenvalue weighted by Gasteiger charge is -2.36. The number of benzene rings is 2. The number of piperazine rings is 1. The Morgan fingerprint density at radius 2 is 1.50 bits per heavy atom. The van der Waals surface area contributed by atoms with E-state index in [0.717, 1.165) is 43.1 Å². The van der Waals surface area contributed by atoms with Gasteiger partial charge >= 0.3 is 0 Å². The van der Waals surface area contributed by atoms with Gasteiger partial charge in [0.1, 0.15) is 18.5 Å². The average molecular weight is 425 g/mol. The van der Waals surface area contributed by atoms with E-state index in [1.807, 2.05) is 6.07 Å². The summed E-state index contributed by atoms with van der Waals surface area (Å²) in [6, 6.07) is 14.8. The van der Waals surface area contributed by atoms with E-state index in [0.29, 0.717) is 13.2 Å². The Morgan fingerprint density at radius 1 is 0.929 bits per heavy atom. The van der Waals surface area contributed by atoms with Crippen molar-refractivity contribution >= 4 is 5.69 Å². The number of β-amino-alcohol motifs (C(OH)–C–C–N with tert-alkyl or cyclic N) is 1. The second kappa shape index (κ2) is 11.5. The highest BCUT2D eigenvalue weighted by molar-refractivity contribution is 5.46. The molecule has 0 amide bonds. The quantitative estimate of drug-likeness (QED) is 0.542. The summed E-state index contributed by atoms with van der Waals surface area (Å²) in [7, 11) is 0. The number of para-hydroxylation sites is 1. The van der Waals surface area contributed by atoms with Gasteiger partial charge in [-0.15, -0.1) is 0 Å². The van der Waals surface area contributed by atoms with Gasteiger partial charge in [0, 0.05) is 38.4 Å². The number of halogens is 2. The van der Waals surface area contributed by atoms with Gasteiger partial charge in [0.25, 0.3) is 0 Å². The molecule has 1 atom stereocenters. The van der Waals surface area contributed by atoms with Crippen molar-refractivity contribution in [2.75, 3.05) is 44.2 Å². The number of hydrogen-bond donors (Lipinski definition) is 1. The van der Waals surface area contributed by atoms with E-state index in [9.17, 15) is 5.11 Å². The van der Waals surface area contributed by atoms with Crippen LogP contribution in [0.2, 0.25) is 0 Å². The summed E-state index contributed by atoms with van der Waals surface area (Å²) >= 11 is 0. The molecule has 1 N–H and O–H groups in total. The first-order chi connectivity index (χ1) is 12.5. The molecule has 156 valence electrons. The predicted molar refractivity (Wildman–Crippen MR) is 107 cm³/mol. The van der Waals surface area contributed by atoms with Crippen molar-refractivity contribution in [2.24, 2.45) is 0 Å². The Balaban J connectivity index is 0.00000196. The lowest BCUT2D eigenvalue weighted by Crippen LogP contribution is -3.00. The first kappa shape index (κ1) is 24.6. The van der Waals surface area contributed by atoms with Crippen LogP contribution in [0, 0.1) is 20.8 Å². The number of ether oxygens (including phenoxy) is 1. The standard InChI is InChI=1S/C22H30N2O2.2ClH/c1-17-13-18(2)22(19(3)14-17)26-16-21(25)15-23-9-11-24(12-10-23)20-7-5-4-6-8-20;;/h4-8,13-14,21,25H,9-12,15-16H2,1-3H3;2*1H/p-2. The minimum Gasteiger partial charge on any atom is -1.00 e. The molecule has 1 unspecified atom stereocenters. The maximum atomic E-state index is 10.4. The third-order valence-corrected chi connectivity index (χ3v) is 4.99. The zero-order valence-corrected chi connectivity index (χ0v) is 18.4. The molecule has 1 fully saturated rings. The first-order valence-corrected chi connectivity index (χ1v) is 9.44. The number of rotatable bonds is 6. The van der Waals surface area contributed by atoms with Crippen LogP contribution in [0.1, 0.15) is 16.7 Å². The zero-order valence-electron chi connectivity index (χ0n) is 16.9. The van der Waals surface area contributed by atoms with Gasteiger partial charge in [0.05, 0.1) is 0 Å². The molecular weight excluding hydrogens is 395 g/mol. The summed E-state index contributed by atoms with van der Waals surface area (Å²) in [6.45, 7) is 11.1. The summed E-state index contributed by atoms with van der Waals surface area (Å²) in [5.41, 5.74) is 4.78. The largest absolute Gasteiger partial charge is 1.00 e. The van der Waals surface area contributed by atoms with Crippen molar-refractivity contribution in [3.05, 3.63) is 59.2 Å². The van der Waals surface area contributed by atoms with Crippen molar-refractivity contribution in [3.8, 4) is 5.75 Å². The maximum absolute atomic E-state index is 10.4. The Morgan fingerprint density at radius 3 is 2.07 bits per heavy atom. The third-order valence-electron chi connectivity index (χ3n) is 4.99. The minimum atomic E-state index is -0.474. The molecule has 1 heterocycles. The van der Waals surface area contributed by atoms with Gasteiger partial charge in [-0.1, -0.05) is 35.9 Å². The number of anilines is 1. The highest BCUT2D eigenvalue weighted by atomic mass is 35.5. The average Bonchev–Trinajstić information content (AvgIpc) is 2.62. The molecule has 0 aliphatic carbocycles. The molecule has 2 aromatic carbocycles. The Bertz CT molecular complexity index is 697. The van der Waals surface area contributed by atoms with Gasteiger partial charge < -0.3 is 39.6 Å². The van der Waals surface area contributed by atoms with Crippen LogP contribution in [0.5, 0.6) is 5.75 Å². The number of aliphatic hydroxyl groups is 1. The first-order valence-electron chi connectivity index (χ1n) is 9.44. The van der Waals surface area contributed by atoms with E-state index in [1.165, 1.54) is 11.3 Å². The molecule has 1 aliphatic rings. The molecular formula is C22H30Cl2N2O2-2. The van der Waals surface area contributed by atoms with E-state index >= 15 is 0 Å². The van der Waals surface area contributed by atoms with Gasteiger partial charge in [0.15, 0.2) is 0 Å². The fourth-order valence-electron chi connectivity index (χ4n) is 3.75. The highest BCUT2D eigenvalue weighted by Crippen LogP contribution is 2.24. The van der Waals surface area contributed by atoms with Crippen LogP contribution in [-0.2, 0) is 0 Å². The fraction of sp³-hybridized carbons (Fsp3) is 0.455. The van der Waals surface area contributed by atoms with Gasteiger partial charge in [-0.3, -0.25) is 4.90 Å². The van der Waals surface area contributed by atoms with Crippen LogP contribution in [0.3, 0.4) is 0 Å². The number of aryl methyl sites for hydroxylation is 3. The molecule has 28 heavy (non-hydrogen) atoms. The van der Waals surface area contributed by atoms with Crippen molar-refractivity contribution < 1.29 is 34.7 Å². The summed E-state index contributed by atoms with van der Waals surface area (Å²) in [6.07, 6.45) is -0.474. The van der Waals surface area contributed by atoms with E-state index in [-0.39, 0.29) is 24.8 Å². The SMILES string of the molecule is Cc1cc(C)c(OCC(O)CN2CCN(c3ccccc3)CC2)c(C)c1.[Cl-].[Cl-]. The number of aliphatic hydroxyl groups excluding tert-OH is 1. The Labute approximate surface area is 181 Å². The summed E-state index contributed by atoms with van der Waals surface area (Å²) in [5, 5.41) is 10.4. The summed E-state index contributed by atoms with van der Waals surface area (Å²) in [5.74, 6) is 0.906. The molecule has 0 spiro atoms. The fourth-order valence-corrected chi connectivity index (χ4v) is 3.75. The molecule has 0 radical (unpaired) electrons. The van der Waals surface area contributed by atoms with Gasteiger partial charge in [-0.25, -0.2) is 0 Å². The lowest BCUT2D eigenvalue weighted by atomic mass is 10.1. The highest BCUT2D eigenvalue weighted by Gasteiger charge is 2.20. The van der Waals surface area contributed by atoms with E-state index in [4.69, 9.17) is 4.74 Å². The lowest BCUT2D eigenvalue weighted by molar-refractivity contribution is -0.00100. The normalized spacial score (nSPS) is 15.4. The Hall–Kier alpha value is -1.46. The monoisotopic (exact) mass is 424 g/mol. The second-order valence-corrected chi connectivity index (χ2v) is 7.32. The Kier molecular flexibility index (Phi) is 10.1. The van der Waals surface area contributed by atoms with Crippen molar-refractivity contribution in [1.82, 2.24) is 4.90 Å². The molecule has 1 aliphatic heterocycles. The van der Waals surface area contributed by atoms with E-state index in [1.54, 1.807) is 0 Å². The predicted octanol–water partition coefficient (Wildman–Crippen LogP) is -2.82. The third kappa shape index (κ3) is 6.56.